The maximum atomic E-state index is 13.0. The predicted molar refractivity (Wildman–Crippen MR) is 106 cm³/mol. The fourth-order valence-corrected chi connectivity index (χ4v) is 3.43. The molecule has 7 nitrogen and oxygen atoms in total. The number of piperidine rings is 1. The second-order valence-electron chi connectivity index (χ2n) is 7.03. The van der Waals surface area contributed by atoms with E-state index in [9.17, 15) is 14.0 Å². The highest BCUT2D eigenvalue weighted by Gasteiger charge is 2.30. The maximum Gasteiger partial charge on any atom is 0.259 e. The number of aryl methyl sites for hydroxylation is 1. The minimum atomic E-state index is -0.371. The van der Waals surface area contributed by atoms with Crippen molar-refractivity contribution < 1.29 is 18.7 Å². The van der Waals surface area contributed by atoms with E-state index in [1.165, 1.54) is 30.5 Å². The molecule has 1 atom stereocenters. The fourth-order valence-electron chi connectivity index (χ4n) is 3.43. The molecule has 0 aliphatic carbocycles. The Kier molecular flexibility index (Phi) is 6.87. The summed E-state index contributed by atoms with van der Waals surface area (Å²) in [7, 11) is 1.57. The number of likely N-dealkylation sites (tertiary alicyclic amines) is 1. The van der Waals surface area contributed by atoms with E-state index >= 15 is 0 Å². The molecule has 2 heterocycles. The lowest BCUT2D eigenvalue weighted by molar-refractivity contribution is -0.136. The highest BCUT2D eigenvalue weighted by atomic mass is 19.1. The molecule has 1 aromatic heterocycles. The number of hydrogen-bond donors (Lipinski definition) is 1. The van der Waals surface area contributed by atoms with Crippen LogP contribution in [0.15, 0.2) is 30.5 Å². The van der Waals surface area contributed by atoms with E-state index in [0.717, 1.165) is 19.3 Å². The molecule has 2 amide bonds. The Morgan fingerprint density at radius 3 is 2.72 bits per heavy atom. The number of carbonyl (C=O) groups is 2. The molecule has 1 fully saturated rings. The van der Waals surface area contributed by atoms with Crippen molar-refractivity contribution in [3.63, 3.8) is 0 Å². The fraction of sp³-hybridized carbons (Fsp3) is 0.429. The van der Waals surface area contributed by atoms with Gasteiger partial charge in [-0.3, -0.25) is 9.59 Å². The first-order valence-electron chi connectivity index (χ1n) is 9.68. The number of hydrogen-bond acceptors (Lipinski definition) is 5. The Balaban J connectivity index is 1.75. The molecule has 8 heteroatoms. The summed E-state index contributed by atoms with van der Waals surface area (Å²) in [6, 6.07) is 5.34. The lowest BCUT2D eigenvalue weighted by Gasteiger charge is -2.35. The number of rotatable bonds is 6. The van der Waals surface area contributed by atoms with Crippen molar-refractivity contribution in [2.75, 3.05) is 25.6 Å². The van der Waals surface area contributed by atoms with Gasteiger partial charge in [0.15, 0.2) is 5.82 Å². The minimum absolute atomic E-state index is 0.0240. The van der Waals surface area contributed by atoms with E-state index in [1.54, 1.807) is 14.0 Å². The van der Waals surface area contributed by atoms with E-state index in [4.69, 9.17) is 4.74 Å². The molecule has 2 aromatic rings. The number of carbonyl (C=O) groups excluding carboxylic acids is 2. The maximum absolute atomic E-state index is 13.0. The molecule has 1 aromatic carbocycles. The van der Waals surface area contributed by atoms with Crippen molar-refractivity contribution in [3.8, 4) is 0 Å². The Morgan fingerprint density at radius 1 is 1.28 bits per heavy atom. The van der Waals surface area contributed by atoms with Gasteiger partial charge in [-0.05, 0) is 50.5 Å². The smallest absolute Gasteiger partial charge is 0.259 e. The number of anilines is 1. The summed E-state index contributed by atoms with van der Waals surface area (Å²) in [4.78, 5) is 35.8. The number of aromatic nitrogens is 2. The van der Waals surface area contributed by atoms with Crippen molar-refractivity contribution in [3.05, 3.63) is 53.4 Å². The van der Waals surface area contributed by atoms with Crippen LogP contribution in [0.25, 0.3) is 0 Å². The summed E-state index contributed by atoms with van der Waals surface area (Å²) in [5.41, 5.74) is 1.36. The molecule has 3 rings (SSSR count). The third-order valence-corrected chi connectivity index (χ3v) is 4.99. The number of methoxy groups -OCH3 is 1. The van der Waals surface area contributed by atoms with E-state index < -0.39 is 0 Å². The highest BCUT2D eigenvalue weighted by Crippen LogP contribution is 2.29. The van der Waals surface area contributed by atoms with Gasteiger partial charge in [-0.1, -0.05) is 0 Å². The van der Waals surface area contributed by atoms with Crippen LogP contribution < -0.4 is 5.32 Å². The highest BCUT2D eigenvalue weighted by molar-refractivity contribution is 6.04. The second kappa shape index (κ2) is 9.56. The number of benzene rings is 1. The molecular formula is C21H25FN4O3. The summed E-state index contributed by atoms with van der Waals surface area (Å²) < 4.78 is 18.0. The second-order valence-corrected chi connectivity index (χ2v) is 7.03. The summed E-state index contributed by atoms with van der Waals surface area (Å²) in [6.45, 7) is 2.79. The first-order chi connectivity index (χ1) is 14.0. The molecular weight excluding hydrogens is 375 g/mol. The van der Waals surface area contributed by atoms with Crippen LogP contribution in [-0.4, -0.2) is 46.9 Å². The van der Waals surface area contributed by atoms with E-state index in [-0.39, 0.29) is 23.7 Å². The van der Waals surface area contributed by atoms with Gasteiger partial charge in [-0.15, -0.1) is 0 Å². The topological polar surface area (TPSA) is 84.4 Å². The average Bonchev–Trinajstić information content (AvgIpc) is 2.73. The van der Waals surface area contributed by atoms with E-state index in [0.29, 0.717) is 42.3 Å². The summed E-state index contributed by atoms with van der Waals surface area (Å²) in [5.74, 6) is -0.163. The largest absolute Gasteiger partial charge is 0.384 e. The van der Waals surface area contributed by atoms with Gasteiger partial charge in [0.25, 0.3) is 5.91 Å². The van der Waals surface area contributed by atoms with Crippen LogP contribution in [0.4, 0.5) is 10.1 Å². The zero-order valence-electron chi connectivity index (χ0n) is 16.7. The number of nitrogens with zero attached hydrogens (tertiary/aromatic N) is 3. The van der Waals surface area contributed by atoms with Crippen molar-refractivity contribution >= 4 is 17.5 Å². The van der Waals surface area contributed by atoms with Crippen molar-refractivity contribution in [2.24, 2.45) is 0 Å². The SMILES string of the molecule is COCCC(=O)N1CCCCC1c1ncc(C(=O)Nc2ccc(F)cc2)c(C)n1. The monoisotopic (exact) mass is 400 g/mol. The van der Waals surface area contributed by atoms with Crippen LogP contribution in [0.1, 0.15) is 53.6 Å². The standard InChI is InChI=1S/C21H25FN4O3/c1-14-17(21(28)25-16-8-6-15(22)7-9-16)13-23-20(24-14)18-5-3-4-11-26(18)19(27)10-12-29-2/h6-9,13,18H,3-5,10-12H2,1-2H3,(H,25,28). The zero-order valence-corrected chi connectivity index (χ0v) is 16.7. The normalized spacial score (nSPS) is 16.5. The average molecular weight is 400 g/mol. The summed E-state index contributed by atoms with van der Waals surface area (Å²) in [5, 5.41) is 2.71. The molecule has 1 aliphatic heterocycles. The zero-order chi connectivity index (χ0) is 20.8. The molecule has 1 saturated heterocycles. The number of nitrogens with one attached hydrogen (secondary N) is 1. The van der Waals surface area contributed by atoms with Crippen molar-refractivity contribution in [1.29, 1.82) is 0 Å². The third kappa shape index (κ3) is 5.14. The van der Waals surface area contributed by atoms with Crippen LogP contribution in [0, 0.1) is 12.7 Å². The van der Waals surface area contributed by atoms with E-state index in [1.807, 2.05) is 4.90 Å². The minimum Gasteiger partial charge on any atom is -0.384 e. The van der Waals surface area contributed by atoms with Gasteiger partial charge in [0.1, 0.15) is 5.82 Å². The van der Waals surface area contributed by atoms with Crippen LogP contribution in [0.5, 0.6) is 0 Å². The quantitative estimate of drug-likeness (QED) is 0.805. The van der Waals surface area contributed by atoms with Crippen LogP contribution in [-0.2, 0) is 9.53 Å². The molecule has 1 N–H and O–H groups in total. The van der Waals surface area contributed by atoms with Gasteiger partial charge in [-0.2, -0.15) is 0 Å². The van der Waals surface area contributed by atoms with Gasteiger partial charge >= 0.3 is 0 Å². The molecule has 0 bridgehead atoms. The predicted octanol–water partition coefficient (Wildman–Crippen LogP) is 3.27. The lowest BCUT2D eigenvalue weighted by atomic mass is 10.0. The number of halogens is 1. The van der Waals surface area contributed by atoms with Crippen LogP contribution in [0.3, 0.4) is 0 Å². The van der Waals surface area contributed by atoms with E-state index in [2.05, 4.69) is 15.3 Å². The Bertz CT molecular complexity index is 873. The van der Waals surface area contributed by atoms with Gasteiger partial charge in [0.2, 0.25) is 5.91 Å². The first kappa shape index (κ1) is 20.9. The molecule has 0 radical (unpaired) electrons. The van der Waals surface area contributed by atoms with Crippen molar-refractivity contribution in [1.82, 2.24) is 14.9 Å². The molecule has 0 saturated carbocycles. The number of amides is 2. The van der Waals surface area contributed by atoms with Crippen LogP contribution >= 0.6 is 0 Å². The molecule has 154 valence electrons. The molecule has 29 heavy (non-hydrogen) atoms. The molecule has 0 spiro atoms. The number of ether oxygens (including phenoxy) is 1. The molecule has 1 unspecified atom stereocenters. The molecule has 1 aliphatic rings. The summed E-state index contributed by atoms with van der Waals surface area (Å²) in [6.07, 6.45) is 4.55. The van der Waals surface area contributed by atoms with Gasteiger partial charge in [0.05, 0.1) is 30.3 Å². The van der Waals surface area contributed by atoms with Crippen molar-refractivity contribution in [2.45, 2.75) is 38.6 Å². The van der Waals surface area contributed by atoms with Crippen LogP contribution in [0.2, 0.25) is 0 Å². The third-order valence-electron chi connectivity index (χ3n) is 4.99. The van der Waals surface area contributed by atoms with Gasteiger partial charge in [0, 0.05) is 25.5 Å². The Hall–Kier alpha value is -2.87. The Morgan fingerprint density at radius 2 is 2.03 bits per heavy atom. The summed E-state index contributed by atoms with van der Waals surface area (Å²) >= 11 is 0. The van der Waals surface area contributed by atoms with Gasteiger partial charge < -0.3 is 15.0 Å². The van der Waals surface area contributed by atoms with Gasteiger partial charge in [-0.25, -0.2) is 14.4 Å². The first-order valence-corrected chi connectivity index (χ1v) is 9.68. The Labute approximate surface area is 169 Å². The lowest BCUT2D eigenvalue weighted by Crippen LogP contribution is -2.39.